The predicted octanol–water partition coefficient (Wildman–Crippen LogP) is 4.59. The minimum Gasteiger partial charge on any atom is -0.323 e. The molecule has 0 aliphatic rings. The van der Waals surface area contributed by atoms with Crippen molar-refractivity contribution in [2.45, 2.75) is 26.3 Å². The van der Waals surface area contributed by atoms with Crippen LogP contribution in [0.15, 0.2) is 73.6 Å². The lowest BCUT2D eigenvalue weighted by Gasteiger charge is -2.09. The van der Waals surface area contributed by atoms with Gasteiger partial charge in [0.2, 0.25) is 0 Å². The molecule has 0 radical (unpaired) electrons. The molecule has 0 saturated heterocycles. The van der Waals surface area contributed by atoms with Gasteiger partial charge in [-0.1, -0.05) is 13.8 Å². The van der Waals surface area contributed by atoms with Crippen LogP contribution in [0.4, 0.5) is 11.6 Å². The second kappa shape index (κ2) is 8.50. The molecule has 1 N–H and O–H groups in total. The number of hydrogen-bond acceptors (Lipinski definition) is 7. The van der Waals surface area contributed by atoms with Crippen LogP contribution < -0.4 is 5.32 Å². The maximum absolute atomic E-state index is 4.73. The molecule has 0 amide bonds. The maximum Gasteiger partial charge on any atom is 0.154 e. The molecule has 0 bridgehead atoms. The molecule has 5 aromatic heterocycles. The number of aromatic nitrogens is 7. The fraction of sp³-hybridized carbons (Fsp3) is 0.167. The molecule has 5 heterocycles. The van der Waals surface area contributed by atoms with Gasteiger partial charge in [-0.2, -0.15) is 10.2 Å². The molecule has 0 atom stereocenters. The molecule has 0 aliphatic carbocycles. The summed E-state index contributed by atoms with van der Waals surface area (Å²) >= 11 is 0. The quantitative estimate of drug-likeness (QED) is 0.427. The molecule has 0 fully saturated rings. The van der Waals surface area contributed by atoms with E-state index in [9.17, 15) is 0 Å². The van der Waals surface area contributed by atoms with E-state index in [2.05, 4.69) is 44.4 Å². The van der Waals surface area contributed by atoms with Gasteiger partial charge >= 0.3 is 0 Å². The Balaban J connectivity index is 1.40. The molecule has 5 rings (SSSR count). The van der Waals surface area contributed by atoms with E-state index in [-0.39, 0.29) is 0 Å². The molecular weight excluding hydrogens is 400 g/mol. The second-order valence-electron chi connectivity index (χ2n) is 7.89. The third-order valence-electron chi connectivity index (χ3n) is 5.20. The molecule has 0 unspecified atom stereocenters. The van der Waals surface area contributed by atoms with Crippen molar-refractivity contribution in [2.75, 3.05) is 5.32 Å². The van der Waals surface area contributed by atoms with Crippen molar-refractivity contribution in [1.82, 2.24) is 34.9 Å². The highest BCUT2D eigenvalue weighted by molar-refractivity contribution is 5.81. The van der Waals surface area contributed by atoms with E-state index in [0.29, 0.717) is 24.1 Å². The summed E-state index contributed by atoms with van der Waals surface area (Å²) in [6, 6.07) is 11.8. The minimum absolute atomic E-state index is 0.377. The summed E-state index contributed by atoms with van der Waals surface area (Å²) in [6.07, 6.45) is 11.1. The average molecular weight is 422 g/mol. The van der Waals surface area contributed by atoms with E-state index in [1.807, 2.05) is 59.7 Å². The van der Waals surface area contributed by atoms with Gasteiger partial charge in [0.05, 0.1) is 30.0 Å². The smallest absolute Gasteiger partial charge is 0.154 e. The number of nitrogens with one attached hydrogen (secondary N) is 1. The third-order valence-corrected chi connectivity index (χ3v) is 5.20. The summed E-state index contributed by atoms with van der Waals surface area (Å²) in [5, 5.41) is 16.0. The van der Waals surface area contributed by atoms with Gasteiger partial charge < -0.3 is 5.32 Å². The van der Waals surface area contributed by atoms with Crippen LogP contribution in [0.1, 0.15) is 30.9 Å². The second-order valence-corrected chi connectivity index (χ2v) is 7.89. The van der Waals surface area contributed by atoms with Crippen molar-refractivity contribution in [3.8, 4) is 11.1 Å². The first-order chi connectivity index (χ1) is 15.6. The largest absolute Gasteiger partial charge is 0.323 e. The Morgan fingerprint density at radius 3 is 2.62 bits per heavy atom. The number of pyridine rings is 3. The Morgan fingerprint density at radius 2 is 1.78 bits per heavy atom. The molecule has 8 heteroatoms. The van der Waals surface area contributed by atoms with Crippen molar-refractivity contribution >= 4 is 22.7 Å². The van der Waals surface area contributed by atoms with Crippen molar-refractivity contribution in [2.24, 2.45) is 0 Å². The lowest BCUT2D eigenvalue weighted by Crippen LogP contribution is -2.00. The van der Waals surface area contributed by atoms with Gasteiger partial charge in [0, 0.05) is 35.9 Å². The predicted molar refractivity (Wildman–Crippen MR) is 124 cm³/mol. The van der Waals surface area contributed by atoms with Crippen LogP contribution in [0.3, 0.4) is 0 Å². The van der Waals surface area contributed by atoms with Crippen LogP contribution in [-0.4, -0.2) is 34.9 Å². The zero-order chi connectivity index (χ0) is 21.9. The minimum atomic E-state index is 0.377. The van der Waals surface area contributed by atoms with Gasteiger partial charge in [0.15, 0.2) is 5.82 Å². The van der Waals surface area contributed by atoms with Crippen LogP contribution in [-0.2, 0) is 6.54 Å². The molecule has 158 valence electrons. The maximum atomic E-state index is 4.73. The lowest BCUT2D eigenvalue weighted by atomic mass is 10.1. The summed E-state index contributed by atoms with van der Waals surface area (Å²) in [6.45, 7) is 4.94. The van der Waals surface area contributed by atoms with Gasteiger partial charge in [-0.15, -0.1) is 5.10 Å². The summed E-state index contributed by atoms with van der Waals surface area (Å²) in [5.41, 5.74) is 5.84. The number of fused-ring (bicyclic) bond motifs is 1. The average Bonchev–Trinajstić information content (AvgIpc) is 3.28. The first-order valence-electron chi connectivity index (χ1n) is 10.4. The lowest BCUT2D eigenvalue weighted by molar-refractivity contribution is 0.686. The van der Waals surface area contributed by atoms with Gasteiger partial charge in [0.1, 0.15) is 5.82 Å². The SMILES string of the molecule is CC(C)c1cnnc(Nc2ccc3ncc(-c4cnn(Cc5ccncc5)c4)cc3n2)c1. The van der Waals surface area contributed by atoms with Gasteiger partial charge in [0.25, 0.3) is 0 Å². The first-order valence-corrected chi connectivity index (χ1v) is 10.4. The van der Waals surface area contributed by atoms with Crippen molar-refractivity contribution in [3.63, 3.8) is 0 Å². The van der Waals surface area contributed by atoms with Crippen molar-refractivity contribution < 1.29 is 0 Å². The topological polar surface area (TPSA) is 94.3 Å². The molecule has 5 aromatic rings. The molecular formula is C24H22N8. The van der Waals surface area contributed by atoms with E-state index >= 15 is 0 Å². The number of rotatable bonds is 6. The normalized spacial score (nSPS) is 11.2. The summed E-state index contributed by atoms with van der Waals surface area (Å²) in [5.74, 6) is 1.74. The number of anilines is 2. The fourth-order valence-electron chi connectivity index (χ4n) is 3.40. The van der Waals surface area contributed by atoms with Gasteiger partial charge in [-0.3, -0.25) is 14.6 Å². The molecule has 0 saturated carbocycles. The fourth-order valence-corrected chi connectivity index (χ4v) is 3.40. The zero-order valence-corrected chi connectivity index (χ0v) is 17.8. The molecule has 0 spiro atoms. The Bertz CT molecular complexity index is 1360. The van der Waals surface area contributed by atoms with E-state index in [1.165, 1.54) is 0 Å². The number of hydrogen-bond donors (Lipinski definition) is 1. The van der Waals surface area contributed by atoms with Crippen LogP contribution in [0.5, 0.6) is 0 Å². The van der Waals surface area contributed by atoms with Crippen LogP contribution >= 0.6 is 0 Å². The van der Waals surface area contributed by atoms with Crippen LogP contribution in [0, 0.1) is 0 Å². The monoisotopic (exact) mass is 422 g/mol. The van der Waals surface area contributed by atoms with Gasteiger partial charge in [-0.25, -0.2) is 4.98 Å². The van der Waals surface area contributed by atoms with E-state index < -0.39 is 0 Å². The summed E-state index contributed by atoms with van der Waals surface area (Å²) in [7, 11) is 0. The molecule has 0 aromatic carbocycles. The Morgan fingerprint density at radius 1 is 0.906 bits per heavy atom. The van der Waals surface area contributed by atoms with E-state index in [4.69, 9.17) is 4.98 Å². The van der Waals surface area contributed by atoms with Crippen molar-refractivity contribution in [1.29, 1.82) is 0 Å². The highest BCUT2D eigenvalue weighted by Crippen LogP contribution is 2.24. The van der Waals surface area contributed by atoms with E-state index in [1.54, 1.807) is 18.6 Å². The first kappa shape index (κ1) is 19.7. The standard InChI is InChI=1S/C24H22N8/c1-16(2)18-10-24(31-27-12-18)30-23-4-3-21-22(29-23)9-19(11-26-21)20-13-28-32(15-20)14-17-5-7-25-8-6-17/h3-13,15-16H,14H2,1-2H3,(H,29,30,31). The van der Waals surface area contributed by atoms with Crippen molar-refractivity contribution in [3.05, 3.63) is 84.7 Å². The van der Waals surface area contributed by atoms with Crippen LogP contribution in [0.2, 0.25) is 0 Å². The molecule has 32 heavy (non-hydrogen) atoms. The zero-order valence-electron chi connectivity index (χ0n) is 17.8. The van der Waals surface area contributed by atoms with Gasteiger partial charge in [-0.05, 0) is 53.4 Å². The van der Waals surface area contributed by atoms with Crippen LogP contribution in [0.25, 0.3) is 22.2 Å². The third kappa shape index (κ3) is 4.29. The molecule has 0 aliphatic heterocycles. The highest BCUT2D eigenvalue weighted by atomic mass is 15.3. The molecule has 8 nitrogen and oxygen atoms in total. The Labute approximate surface area is 185 Å². The summed E-state index contributed by atoms with van der Waals surface area (Å²) in [4.78, 5) is 13.4. The summed E-state index contributed by atoms with van der Waals surface area (Å²) < 4.78 is 1.90. The van der Waals surface area contributed by atoms with E-state index in [0.717, 1.165) is 33.3 Å². The highest BCUT2D eigenvalue weighted by Gasteiger charge is 2.08. The Kier molecular flexibility index (Phi) is 5.25. The Hall–Kier alpha value is -4.20. The number of nitrogens with zero attached hydrogens (tertiary/aromatic N) is 7.